The molecule has 0 radical (unpaired) electrons. The minimum Gasteiger partial charge on any atom is -0.452 e. The summed E-state index contributed by atoms with van der Waals surface area (Å²) in [4.78, 5) is 4.50. The average molecular weight is 326 g/mol. The topological polar surface area (TPSA) is 43.0 Å². The maximum Gasteiger partial charge on any atom is 0.169 e. The summed E-state index contributed by atoms with van der Waals surface area (Å²) in [5.41, 5.74) is 0. The summed E-state index contributed by atoms with van der Waals surface area (Å²) in [6, 6.07) is 3.92. The van der Waals surface area contributed by atoms with Crippen molar-refractivity contribution in [1.29, 1.82) is 0 Å². The van der Waals surface area contributed by atoms with Gasteiger partial charge < -0.3 is 14.3 Å². The average Bonchev–Trinajstić information content (AvgIpc) is 3.01. The smallest absolute Gasteiger partial charge is 0.169 e. The van der Waals surface area contributed by atoms with Crippen LogP contribution in [0.2, 0.25) is 0 Å². The van der Waals surface area contributed by atoms with Gasteiger partial charge in [-0.3, -0.25) is 0 Å². The number of halogens is 1. The molecule has 104 valence electrons. The maximum absolute atomic E-state index is 5.70. The lowest BCUT2D eigenvalue weighted by Gasteiger charge is -2.17. The Morgan fingerprint density at radius 3 is 2.84 bits per heavy atom. The number of aryl methyl sites for hydroxylation is 1. The number of hydrogen-bond acceptors (Lipinski definition) is 3. The maximum atomic E-state index is 5.70. The second kappa shape index (κ2) is 6.91. The minimum atomic E-state index is 0.00722. The van der Waals surface area contributed by atoms with Crippen LogP contribution >= 0.6 is 15.9 Å². The van der Waals surface area contributed by atoms with Crippen LogP contribution < -0.4 is 5.32 Å². The Morgan fingerprint density at radius 2 is 2.21 bits per heavy atom. The second-order valence-corrected chi connectivity index (χ2v) is 5.29. The molecule has 2 aromatic heterocycles. The molecule has 0 bridgehead atoms. The quantitative estimate of drug-likeness (QED) is 0.843. The fraction of sp³-hybridized carbons (Fsp3) is 0.500. The van der Waals surface area contributed by atoms with Crippen molar-refractivity contribution < 1.29 is 4.42 Å². The molecule has 2 heterocycles. The molecule has 2 aromatic rings. The highest BCUT2D eigenvalue weighted by Gasteiger charge is 2.21. The molecule has 5 heteroatoms. The number of nitrogens with one attached hydrogen (secondary N) is 1. The molecule has 2 rings (SSSR count). The van der Waals surface area contributed by atoms with Crippen LogP contribution in [0.3, 0.4) is 0 Å². The van der Waals surface area contributed by atoms with Crippen molar-refractivity contribution in [2.24, 2.45) is 0 Å². The molecular weight excluding hydrogens is 306 g/mol. The summed E-state index contributed by atoms with van der Waals surface area (Å²) in [5.74, 6) is 1.90. The zero-order valence-corrected chi connectivity index (χ0v) is 13.0. The molecule has 0 aliphatic carbocycles. The largest absolute Gasteiger partial charge is 0.452 e. The molecular formula is C14H20BrN3O. The van der Waals surface area contributed by atoms with Gasteiger partial charge in [0.15, 0.2) is 4.67 Å². The highest BCUT2D eigenvalue weighted by atomic mass is 79.9. The molecule has 1 N–H and O–H groups in total. The van der Waals surface area contributed by atoms with Crippen molar-refractivity contribution in [2.45, 2.75) is 39.3 Å². The lowest BCUT2D eigenvalue weighted by molar-refractivity contribution is 0.413. The Balaban J connectivity index is 2.28. The number of nitrogens with zero attached hydrogens (tertiary/aromatic N) is 2. The van der Waals surface area contributed by atoms with E-state index >= 15 is 0 Å². The summed E-state index contributed by atoms with van der Waals surface area (Å²) in [6.45, 7) is 6.23. The van der Waals surface area contributed by atoms with E-state index in [-0.39, 0.29) is 6.04 Å². The third-order valence-electron chi connectivity index (χ3n) is 2.95. The summed E-state index contributed by atoms with van der Waals surface area (Å²) in [5, 5.41) is 3.50. The van der Waals surface area contributed by atoms with E-state index in [4.69, 9.17) is 4.42 Å². The van der Waals surface area contributed by atoms with E-state index in [0.717, 1.165) is 42.2 Å². The molecule has 0 aliphatic heterocycles. The van der Waals surface area contributed by atoms with Gasteiger partial charge in [-0.05, 0) is 47.4 Å². The summed E-state index contributed by atoms with van der Waals surface area (Å²) < 4.78 is 8.63. The molecule has 1 unspecified atom stereocenters. The van der Waals surface area contributed by atoms with Crippen LogP contribution in [0.5, 0.6) is 0 Å². The van der Waals surface area contributed by atoms with Crippen molar-refractivity contribution >= 4 is 15.9 Å². The third kappa shape index (κ3) is 3.48. The van der Waals surface area contributed by atoms with Gasteiger partial charge in [0.05, 0.1) is 0 Å². The number of imidazole rings is 1. The zero-order chi connectivity index (χ0) is 13.7. The van der Waals surface area contributed by atoms with E-state index in [1.165, 1.54) is 0 Å². The van der Waals surface area contributed by atoms with Crippen LogP contribution in [0.25, 0.3) is 0 Å². The van der Waals surface area contributed by atoms with Crippen LogP contribution in [-0.4, -0.2) is 16.1 Å². The van der Waals surface area contributed by atoms with Crippen molar-refractivity contribution in [3.63, 3.8) is 0 Å². The first-order valence-corrected chi connectivity index (χ1v) is 7.55. The molecule has 0 aromatic carbocycles. The minimum absolute atomic E-state index is 0.00722. The van der Waals surface area contributed by atoms with Crippen molar-refractivity contribution in [2.75, 3.05) is 6.54 Å². The Labute approximate surface area is 122 Å². The van der Waals surface area contributed by atoms with Gasteiger partial charge in [0, 0.05) is 18.9 Å². The number of hydrogen-bond donors (Lipinski definition) is 1. The van der Waals surface area contributed by atoms with Gasteiger partial charge in [-0.25, -0.2) is 4.98 Å². The van der Waals surface area contributed by atoms with Crippen LogP contribution in [0.4, 0.5) is 0 Å². The molecule has 0 spiro atoms. The van der Waals surface area contributed by atoms with Gasteiger partial charge in [-0.2, -0.15) is 0 Å². The van der Waals surface area contributed by atoms with E-state index in [1.807, 2.05) is 24.5 Å². The van der Waals surface area contributed by atoms with Gasteiger partial charge in [0.1, 0.15) is 17.6 Å². The van der Waals surface area contributed by atoms with E-state index in [9.17, 15) is 0 Å². The number of rotatable bonds is 7. The van der Waals surface area contributed by atoms with Gasteiger partial charge in [-0.15, -0.1) is 0 Å². The molecule has 0 amide bonds. The van der Waals surface area contributed by atoms with E-state index < -0.39 is 0 Å². The molecule has 0 aliphatic rings. The van der Waals surface area contributed by atoms with Gasteiger partial charge in [-0.1, -0.05) is 13.8 Å². The molecule has 0 fully saturated rings. The standard InChI is InChI=1S/C14H20BrN3O/c1-3-7-16-13(11-5-6-12(15)19-11)14-17-8-10-18(14)9-4-2/h5-6,8,10,13,16H,3-4,7,9H2,1-2H3. The molecule has 0 saturated carbocycles. The van der Waals surface area contributed by atoms with E-state index in [1.54, 1.807) is 0 Å². The lowest BCUT2D eigenvalue weighted by Crippen LogP contribution is -2.26. The first kappa shape index (κ1) is 14.3. The van der Waals surface area contributed by atoms with Gasteiger partial charge in [0.2, 0.25) is 0 Å². The Morgan fingerprint density at radius 1 is 1.37 bits per heavy atom. The first-order chi connectivity index (χ1) is 9.26. The highest BCUT2D eigenvalue weighted by molar-refractivity contribution is 9.10. The van der Waals surface area contributed by atoms with Gasteiger partial charge in [0.25, 0.3) is 0 Å². The van der Waals surface area contributed by atoms with Gasteiger partial charge >= 0.3 is 0 Å². The second-order valence-electron chi connectivity index (χ2n) is 4.51. The van der Waals surface area contributed by atoms with Crippen molar-refractivity contribution in [1.82, 2.24) is 14.9 Å². The Bertz CT molecular complexity index is 506. The highest BCUT2D eigenvalue weighted by Crippen LogP contribution is 2.25. The summed E-state index contributed by atoms with van der Waals surface area (Å²) in [7, 11) is 0. The molecule has 1 atom stereocenters. The fourth-order valence-corrected chi connectivity index (χ4v) is 2.42. The zero-order valence-electron chi connectivity index (χ0n) is 11.4. The lowest BCUT2D eigenvalue weighted by atomic mass is 10.2. The summed E-state index contributed by atoms with van der Waals surface area (Å²) in [6.07, 6.45) is 6.04. The molecule has 0 saturated heterocycles. The predicted octanol–water partition coefficient (Wildman–Crippen LogP) is 3.74. The molecule has 4 nitrogen and oxygen atoms in total. The van der Waals surface area contributed by atoms with Crippen LogP contribution in [0.1, 0.15) is 44.3 Å². The van der Waals surface area contributed by atoms with E-state index in [2.05, 4.69) is 44.6 Å². The van der Waals surface area contributed by atoms with Crippen LogP contribution in [-0.2, 0) is 6.54 Å². The third-order valence-corrected chi connectivity index (χ3v) is 3.37. The van der Waals surface area contributed by atoms with Crippen molar-refractivity contribution in [3.05, 3.63) is 40.8 Å². The van der Waals surface area contributed by atoms with Crippen LogP contribution in [0, 0.1) is 0 Å². The number of furan rings is 1. The normalized spacial score (nSPS) is 12.8. The Hall–Kier alpha value is -1.07. The first-order valence-electron chi connectivity index (χ1n) is 6.75. The van der Waals surface area contributed by atoms with Crippen molar-refractivity contribution in [3.8, 4) is 0 Å². The van der Waals surface area contributed by atoms with Crippen LogP contribution in [0.15, 0.2) is 33.6 Å². The predicted molar refractivity (Wildman–Crippen MR) is 79.1 cm³/mol. The fourth-order valence-electron chi connectivity index (χ4n) is 2.10. The number of aromatic nitrogens is 2. The van der Waals surface area contributed by atoms with E-state index in [0.29, 0.717) is 0 Å². The molecule has 19 heavy (non-hydrogen) atoms. The monoisotopic (exact) mass is 325 g/mol. The summed E-state index contributed by atoms with van der Waals surface area (Å²) >= 11 is 3.36. The Kier molecular flexibility index (Phi) is 5.22. The SMILES string of the molecule is CCCNC(c1ccc(Br)o1)c1nccn1CCC.